The lowest BCUT2D eigenvalue weighted by molar-refractivity contribution is -0.237. The molecule has 0 bridgehead atoms. The van der Waals surface area contributed by atoms with Gasteiger partial charge >= 0.3 is 11.9 Å². The van der Waals surface area contributed by atoms with Gasteiger partial charge in [0.15, 0.2) is 10.8 Å². The normalized spacial score (nSPS) is 28.6. The molecule has 4 saturated heterocycles. The van der Waals surface area contributed by atoms with Crippen molar-refractivity contribution in [1.82, 2.24) is 9.80 Å². The Hall–Kier alpha value is -5.40. The van der Waals surface area contributed by atoms with Gasteiger partial charge in [-0.3, -0.25) is 19.2 Å². The molecule has 56 heavy (non-hydrogen) atoms. The molecule has 0 aliphatic carbocycles. The van der Waals surface area contributed by atoms with Crippen molar-refractivity contribution in [2.24, 2.45) is 10.8 Å². The van der Waals surface area contributed by atoms with Crippen molar-refractivity contribution in [3.8, 4) is 0 Å². The summed E-state index contributed by atoms with van der Waals surface area (Å²) >= 11 is 0. The van der Waals surface area contributed by atoms with Gasteiger partial charge in [0, 0.05) is 39.0 Å². The Morgan fingerprint density at radius 1 is 0.554 bits per heavy atom. The zero-order chi connectivity index (χ0) is 39.4. The monoisotopic (exact) mass is 760 g/mol. The second kappa shape index (κ2) is 13.7. The number of fused-ring (bicyclic) bond motifs is 2. The Bertz CT molecular complexity index is 1900. The molecule has 4 atom stereocenters. The van der Waals surface area contributed by atoms with Gasteiger partial charge < -0.3 is 39.0 Å². The zero-order valence-electron chi connectivity index (χ0n) is 31.3. The van der Waals surface area contributed by atoms with Crippen LogP contribution in [0.2, 0.25) is 0 Å². The van der Waals surface area contributed by atoms with Gasteiger partial charge in [0.25, 0.3) is 23.4 Å². The second-order valence-corrected chi connectivity index (χ2v) is 15.0. The van der Waals surface area contributed by atoms with Crippen molar-refractivity contribution < 1.29 is 48.3 Å². The van der Waals surface area contributed by atoms with E-state index in [1.54, 1.807) is 13.8 Å². The molecule has 0 aromatic heterocycles. The molecule has 12 nitrogen and oxygen atoms in total. The highest BCUT2D eigenvalue weighted by Gasteiger charge is 2.80. The van der Waals surface area contributed by atoms with Crippen LogP contribution in [0.15, 0.2) is 121 Å². The molecule has 4 aromatic carbocycles. The maximum Gasteiger partial charge on any atom is 0.320 e. The van der Waals surface area contributed by atoms with Crippen molar-refractivity contribution in [2.75, 3.05) is 39.4 Å². The van der Waals surface area contributed by atoms with Gasteiger partial charge in [0.1, 0.15) is 11.2 Å². The van der Waals surface area contributed by atoms with Gasteiger partial charge in [-0.25, -0.2) is 0 Å². The predicted octanol–water partition coefficient (Wildman–Crippen LogP) is 3.88. The van der Waals surface area contributed by atoms with E-state index in [1.807, 2.05) is 121 Å². The number of rotatable bonds is 11. The summed E-state index contributed by atoms with van der Waals surface area (Å²) in [5, 5.41) is 24.8. The highest BCUT2D eigenvalue weighted by molar-refractivity contribution is 5.98. The SMILES string of the molecule is CCOC(=O)C12CN(CCN3CC4(C(=O)OCC)CC(c5ccccc5)(c5ccccc5)OC4(O)C3=O)C(=O)C1(O)OC(c1ccccc1)(c1ccccc1)C2. The Morgan fingerprint density at radius 3 is 1.11 bits per heavy atom. The summed E-state index contributed by atoms with van der Waals surface area (Å²) in [4.78, 5) is 59.6. The fourth-order valence-electron chi connectivity index (χ4n) is 9.41. The fraction of sp³-hybridized carbons (Fsp3) is 0.364. The predicted molar refractivity (Wildman–Crippen MR) is 200 cm³/mol. The Labute approximate surface area is 324 Å². The Balaban J connectivity index is 1.11. The summed E-state index contributed by atoms with van der Waals surface area (Å²) in [6.07, 6.45) is -0.232. The number of likely N-dealkylation sites (tertiary alicyclic amines) is 2. The van der Waals surface area contributed by atoms with Crippen molar-refractivity contribution >= 4 is 23.8 Å². The fourth-order valence-corrected chi connectivity index (χ4v) is 9.41. The van der Waals surface area contributed by atoms with E-state index in [9.17, 15) is 29.4 Å². The van der Waals surface area contributed by atoms with Crippen LogP contribution in [-0.4, -0.2) is 94.7 Å². The summed E-state index contributed by atoms with van der Waals surface area (Å²) < 4.78 is 24.2. The number of benzene rings is 4. The number of nitrogens with zero attached hydrogens (tertiary/aromatic N) is 2. The highest BCUT2D eigenvalue weighted by Crippen LogP contribution is 2.63. The van der Waals surface area contributed by atoms with Crippen LogP contribution in [0, 0.1) is 10.8 Å². The summed E-state index contributed by atoms with van der Waals surface area (Å²) in [5.41, 5.74) is -3.89. The van der Waals surface area contributed by atoms with Crippen LogP contribution in [0.25, 0.3) is 0 Å². The first-order valence-corrected chi connectivity index (χ1v) is 19.0. The maximum atomic E-state index is 14.5. The lowest BCUT2D eigenvalue weighted by Gasteiger charge is -2.34. The smallest absolute Gasteiger partial charge is 0.320 e. The van der Waals surface area contributed by atoms with E-state index in [1.165, 1.54) is 9.80 Å². The van der Waals surface area contributed by atoms with Crippen LogP contribution >= 0.6 is 0 Å². The number of esters is 2. The van der Waals surface area contributed by atoms with E-state index < -0.39 is 57.4 Å². The quantitative estimate of drug-likeness (QED) is 0.216. The molecule has 4 aromatic rings. The number of hydrogen-bond acceptors (Lipinski definition) is 10. The van der Waals surface area contributed by atoms with Gasteiger partial charge in [-0.05, 0) is 36.1 Å². The summed E-state index contributed by atoms with van der Waals surface area (Å²) in [7, 11) is 0. The number of carbonyl (C=O) groups is 4. The molecule has 0 spiro atoms. The molecule has 2 N–H and O–H groups in total. The number of amides is 2. The van der Waals surface area contributed by atoms with Gasteiger partial charge in [-0.2, -0.15) is 0 Å². The van der Waals surface area contributed by atoms with Crippen molar-refractivity contribution in [2.45, 2.75) is 49.5 Å². The minimum atomic E-state index is -2.63. The lowest BCUT2D eigenvalue weighted by atomic mass is 9.72. The number of aliphatic hydroxyl groups is 2. The topological polar surface area (TPSA) is 152 Å². The molecule has 2 amide bonds. The van der Waals surface area contributed by atoms with Crippen LogP contribution in [0.4, 0.5) is 0 Å². The van der Waals surface area contributed by atoms with E-state index in [0.717, 1.165) is 0 Å². The number of carbonyl (C=O) groups excluding carboxylic acids is 4. The van der Waals surface area contributed by atoms with E-state index in [2.05, 4.69) is 0 Å². The first-order valence-electron chi connectivity index (χ1n) is 19.0. The molecule has 4 aliphatic heterocycles. The molecule has 0 radical (unpaired) electrons. The molecular weight excluding hydrogens is 716 g/mol. The van der Waals surface area contributed by atoms with Crippen molar-refractivity contribution in [3.05, 3.63) is 144 Å². The van der Waals surface area contributed by atoms with Gasteiger partial charge in [0.2, 0.25) is 0 Å². The molecule has 290 valence electrons. The van der Waals surface area contributed by atoms with Gasteiger partial charge in [0.05, 0.1) is 13.2 Å². The second-order valence-electron chi connectivity index (χ2n) is 15.0. The van der Waals surface area contributed by atoms with Gasteiger partial charge in [-0.15, -0.1) is 0 Å². The van der Waals surface area contributed by atoms with Crippen LogP contribution in [-0.2, 0) is 49.3 Å². The molecule has 4 unspecified atom stereocenters. The van der Waals surface area contributed by atoms with Crippen molar-refractivity contribution in [1.29, 1.82) is 0 Å². The maximum absolute atomic E-state index is 14.5. The molecule has 4 aliphatic rings. The molecular formula is C44H44N2O10. The summed E-state index contributed by atoms with van der Waals surface area (Å²) in [6, 6.07) is 36.5. The molecule has 4 heterocycles. The Morgan fingerprint density at radius 2 is 0.839 bits per heavy atom. The first kappa shape index (κ1) is 37.5. The molecule has 8 rings (SSSR count). The molecule has 4 fully saturated rings. The average Bonchev–Trinajstić information content (AvgIpc) is 3.82. The van der Waals surface area contributed by atoms with Crippen LogP contribution in [0.5, 0.6) is 0 Å². The summed E-state index contributed by atoms with van der Waals surface area (Å²) in [6.45, 7) is 2.39. The lowest BCUT2D eigenvalue weighted by Crippen LogP contribution is -2.53. The van der Waals surface area contributed by atoms with Crippen LogP contribution < -0.4 is 0 Å². The largest absolute Gasteiger partial charge is 0.465 e. The first-order chi connectivity index (χ1) is 27.0. The van der Waals surface area contributed by atoms with Crippen LogP contribution in [0.3, 0.4) is 0 Å². The number of ether oxygens (including phenoxy) is 4. The van der Waals surface area contributed by atoms with E-state index >= 15 is 0 Å². The van der Waals surface area contributed by atoms with Crippen LogP contribution in [0.1, 0.15) is 48.9 Å². The zero-order valence-corrected chi connectivity index (χ0v) is 31.3. The van der Waals surface area contributed by atoms with E-state index in [0.29, 0.717) is 22.3 Å². The van der Waals surface area contributed by atoms with Crippen molar-refractivity contribution in [3.63, 3.8) is 0 Å². The standard InChI is InChI=1S/C44H44N2O10/c1-3-53-37(49)39-27-41(31-17-9-5-10-18-31,32-19-11-6-12-20-32)55-43(39,51)35(47)45(29-39)25-26-46-30-40(38(50)54-4-2)28-42(33-21-13-7-14-22-33,34-23-15-8-16-24-34)56-44(40,52)36(46)48/h5-24,51-52H,3-4,25-30H2,1-2H3. The molecule has 12 heteroatoms. The Kier molecular flexibility index (Phi) is 9.15. The summed E-state index contributed by atoms with van der Waals surface area (Å²) in [5.74, 6) is -8.58. The minimum Gasteiger partial charge on any atom is -0.465 e. The highest BCUT2D eigenvalue weighted by atomic mass is 16.7. The van der Waals surface area contributed by atoms with E-state index in [-0.39, 0.29) is 52.2 Å². The third-order valence-electron chi connectivity index (χ3n) is 12.1. The van der Waals surface area contributed by atoms with Gasteiger partial charge in [-0.1, -0.05) is 121 Å². The third kappa shape index (κ3) is 5.19. The average molecular weight is 761 g/mol. The minimum absolute atomic E-state index is 0.00120. The van der Waals surface area contributed by atoms with E-state index in [4.69, 9.17) is 18.9 Å². The molecule has 0 saturated carbocycles. The third-order valence-corrected chi connectivity index (χ3v) is 12.1. The number of hydrogen-bond donors (Lipinski definition) is 2.